The van der Waals surface area contributed by atoms with Gasteiger partial charge in [-0.05, 0) is 127 Å². The van der Waals surface area contributed by atoms with Crippen molar-refractivity contribution in [2.75, 3.05) is 9.80 Å². The second-order valence-electron chi connectivity index (χ2n) is 20.2. The average Bonchev–Trinajstić information content (AvgIpc) is 3.33. The van der Waals surface area contributed by atoms with Crippen LogP contribution in [0.15, 0.2) is 200 Å². The van der Waals surface area contributed by atoms with Gasteiger partial charge in [0.25, 0.3) is 0 Å². The summed E-state index contributed by atoms with van der Waals surface area (Å²) in [4.78, 5) is 5.04. The molecule has 0 saturated carbocycles. The third-order valence-electron chi connectivity index (χ3n) is 15.3. The fourth-order valence-corrected chi connectivity index (χ4v) is 11.7. The number of benzene rings is 9. The first-order valence-electron chi connectivity index (χ1n) is 23.4. The van der Waals surface area contributed by atoms with Crippen molar-refractivity contribution < 1.29 is 0 Å². The smallest absolute Gasteiger partial charge is 0.0544 e. The van der Waals surface area contributed by atoms with E-state index in [0.29, 0.717) is 0 Å². The van der Waals surface area contributed by atoms with Gasteiger partial charge in [-0.1, -0.05) is 193 Å². The molecule has 3 aliphatic rings. The van der Waals surface area contributed by atoms with Gasteiger partial charge in [-0.2, -0.15) is 0 Å². The van der Waals surface area contributed by atoms with E-state index in [9.17, 15) is 0 Å². The Labute approximate surface area is 384 Å². The SMILES string of the molecule is CC1(C)c2cccc3c2N2c4c1cc(CC(c1ccccc1)c1ccc5ccccc5c1)cc4C(C)(C)c1cc(-c4ccc(N(c5ccccc5)c5ccccc5)cc4)cc(c12)C3(C)C. The van der Waals surface area contributed by atoms with Crippen molar-refractivity contribution in [3.05, 3.63) is 250 Å². The van der Waals surface area contributed by atoms with Crippen LogP contribution < -0.4 is 9.80 Å². The lowest BCUT2D eigenvalue weighted by Crippen LogP contribution is -2.43. The summed E-state index contributed by atoms with van der Waals surface area (Å²) >= 11 is 0. The second kappa shape index (κ2) is 14.4. The number of hydrogen-bond acceptors (Lipinski definition) is 2. The zero-order valence-corrected chi connectivity index (χ0v) is 38.2. The maximum absolute atomic E-state index is 2.70. The minimum atomic E-state index is -0.283. The Bertz CT molecular complexity index is 3270. The van der Waals surface area contributed by atoms with Crippen LogP contribution >= 0.6 is 0 Å². The zero-order chi connectivity index (χ0) is 44.2. The maximum atomic E-state index is 2.70. The highest BCUT2D eigenvalue weighted by Crippen LogP contribution is 2.66. The molecule has 1 atom stereocenters. The molecule has 0 radical (unpaired) electrons. The first-order valence-corrected chi connectivity index (χ1v) is 23.4. The van der Waals surface area contributed by atoms with Crippen LogP contribution in [0.3, 0.4) is 0 Å². The number of anilines is 6. The first kappa shape index (κ1) is 39.4. The predicted molar refractivity (Wildman–Crippen MR) is 274 cm³/mol. The lowest BCUT2D eigenvalue weighted by atomic mass is 9.60. The number of nitrogens with zero attached hydrogens (tertiary/aromatic N) is 2. The van der Waals surface area contributed by atoms with Crippen LogP contribution in [-0.2, 0) is 22.7 Å². The molecule has 0 spiro atoms. The van der Waals surface area contributed by atoms with Crippen molar-refractivity contribution in [3.63, 3.8) is 0 Å². The van der Waals surface area contributed by atoms with Gasteiger partial charge in [0, 0.05) is 39.2 Å². The molecule has 0 aliphatic carbocycles. The summed E-state index contributed by atoms with van der Waals surface area (Å²) < 4.78 is 0. The van der Waals surface area contributed by atoms with E-state index in [1.807, 2.05) is 0 Å². The van der Waals surface area contributed by atoms with Crippen LogP contribution in [0.1, 0.15) is 97.5 Å². The number of fused-ring (bicyclic) bond motifs is 1. The van der Waals surface area contributed by atoms with Crippen LogP contribution in [-0.4, -0.2) is 0 Å². The monoisotopic (exact) mass is 838 g/mol. The summed E-state index contributed by atoms with van der Waals surface area (Å²) in [5.74, 6) is 0.201. The normalized spacial score (nSPS) is 15.9. The second-order valence-corrected chi connectivity index (χ2v) is 20.2. The molecule has 12 rings (SSSR count). The summed E-state index contributed by atoms with van der Waals surface area (Å²) in [5, 5.41) is 2.57. The van der Waals surface area contributed by atoms with E-state index in [1.165, 1.54) is 89.0 Å². The van der Waals surface area contributed by atoms with Gasteiger partial charge < -0.3 is 9.80 Å². The summed E-state index contributed by atoms with van der Waals surface area (Å²) in [6.07, 6.45) is 0.905. The molecule has 2 heteroatoms. The largest absolute Gasteiger partial charge is 0.311 e. The third kappa shape index (κ3) is 6.00. The Morgan fingerprint density at radius 1 is 0.369 bits per heavy atom. The Balaban J connectivity index is 1.03. The Kier molecular flexibility index (Phi) is 8.75. The highest BCUT2D eigenvalue weighted by Gasteiger charge is 2.52. The van der Waals surface area contributed by atoms with Crippen molar-refractivity contribution in [1.29, 1.82) is 0 Å². The van der Waals surface area contributed by atoms with E-state index in [0.717, 1.165) is 23.5 Å². The third-order valence-corrected chi connectivity index (χ3v) is 15.3. The Morgan fingerprint density at radius 2 is 0.831 bits per heavy atom. The van der Waals surface area contributed by atoms with E-state index in [1.54, 1.807) is 0 Å². The molecule has 2 nitrogen and oxygen atoms in total. The number of para-hydroxylation sites is 3. The molecule has 0 saturated heterocycles. The predicted octanol–water partition coefficient (Wildman–Crippen LogP) is 16.7. The zero-order valence-electron chi connectivity index (χ0n) is 38.2. The molecule has 0 aromatic heterocycles. The molecule has 65 heavy (non-hydrogen) atoms. The van der Waals surface area contributed by atoms with Gasteiger partial charge in [-0.3, -0.25) is 0 Å². The van der Waals surface area contributed by atoms with E-state index in [-0.39, 0.29) is 22.2 Å². The number of hydrogen-bond donors (Lipinski definition) is 0. The topological polar surface area (TPSA) is 6.48 Å². The van der Waals surface area contributed by atoms with Crippen molar-refractivity contribution in [2.24, 2.45) is 0 Å². The molecule has 0 bridgehead atoms. The van der Waals surface area contributed by atoms with Crippen molar-refractivity contribution in [3.8, 4) is 11.1 Å². The van der Waals surface area contributed by atoms with Gasteiger partial charge >= 0.3 is 0 Å². The van der Waals surface area contributed by atoms with Gasteiger partial charge in [0.2, 0.25) is 0 Å². The van der Waals surface area contributed by atoms with Crippen LogP contribution in [0.25, 0.3) is 21.9 Å². The van der Waals surface area contributed by atoms with E-state index < -0.39 is 0 Å². The molecule has 1 unspecified atom stereocenters. The van der Waals surface area contributed by atoms with Crippen molar-refractivity contribution in [2.45, 2.75) is 70.1 Å². The molecule has 0 amide bonds. The van der Waals surface area contributed by atoms with Gasteiger partial charge in [-0.15, -0.1) is 0 Å². The molecule has 0 N–H and O–H groups in total. The number of rotatable bonds is 8. The molecular formula is C63H54N2. The van der Waals surface area contributed by atoms with Crippen LogP contribution in [0, 0.1) is 0 Å². The highest BCUT2D eigenvalue weighted by atomic mass is 15.2. The molecule has 3 heterocycles. The average molecular weight is 839 g/mol. The molecule has 9 aromatic rings. The Morgan fingerprint density at radius 3 is 1.40 bits per heavy atom. The van der Waals surface area contributed by atoms with Crippen LogP contribution in [0.5, 0.6) is 0 Å². The van der Waals surface area contributed by atoms with Gasteiger partial charge in [-0.25, -0.2) is 0 Å². The van der Waals surface area contributed by atoms with Crippen molar-refractivity contribution in [1.82, 2.24) is 0 Å². The molecule has 316 valence electrons. The fourth-order valence-electron chi connectivity index (χ4n) is 11.7. The van der Waals surface area contributed by atoms with Gasteiger partial charge in [0.1, 0.15) is 0 Å². The van der Waals surface area contributed by atoms with Crippen LogP contribution in [0.2, 0.25) is 0 Å². The van der Waals surface area contributed by atoms with E-state index in [4.69, 9.17) is 0 Å². The standard InChI is InChI=1S/C63H54N2/c1-61(2)52-27-18-28-53-58(52)65-59-54(61)36-41(35-51(44-20-10-7-11-21-44)46-30-29-42-19-16-17-22-45(42)38-46)37-55(59)63(5,6)57-40-47(39-56(60(57)65)62(53,3)4)43-31-33-50(34-32-43)64(48-23-12-8-13-24-48)49-25-14-9-15-26-49/h7-34,36-40,51H,35H2,1-6H3. The van der Waals surface area contributed by atoms with Gasteiger partial charge in [0.05, 0.1) is 17.1 Å². The van der Waals surface area contributed by atoms with E-state index >= 15 is 0 Å². The van der Waals surface area contributed by atoms with E-state index in [2.05, 4.69) is 252 Å². The van der Waals surface area contributed by atoms with Crippen molar-refractivity contribution >= 4 is 44.9 Å². The lowest BCUT2D eigenvalue weighted by molar-refractivity contribution is 0.565. The molecule has 3 aliphatic heterocycles. The molecular weight excluding hydrogens is 785 g/mol. The Hall–Kier alpha value is -7.16. The summed E-state index contributed by atoms with van der Waals surface area (Å²) in [6.45, 7) is 14.8. The summed E-state index contributed by atoms with van der Waals surface area (Å²) in [5.41, 5.74) is 21.8. The fraction of sp³-hybridized carbons (Fsp3) is 0.175. The maximum Gasteiger partial charge on any atom is 0.0544 e. The minimum Gasteiger partial charge on any atom is -0.311 e. The first-order chi connectivity index (χ1) is 31.5. The highest BCUT2D eigenvalue weighted by molar-refractivity contribution is 5.99. The van der Waals surface area contributed by atoms with Crippen LogP contribution in [0.4, 0.5) is 34.1 Å². The van der Waals surface area contributed by atoms with Gasteiger partial charge in [0.15, 0.2) is 0 Å². The quantitative estimate of drug-likeness (QED) is 0.150. The summed E-state index contributed by atoms with van der Waals surface area (Å²) in [6, 6.07) is 74.9. The minimum absolute atomic E-state index is 0.201. The molecule has 9 aromatic carbocycles. The lowest BCUT2D eigenvalue weighted by Gasteiger charge is -2.55. The molecule has 0 fully saturated rings. The summed E-state index contributed by atoms with van der Waals surface area (Å²) in [7, 11) is 0.